The molecule has 3 aromatic heterocycles. The number of carbonyl (C=O) groups is 3. The second kappa shape index (κ2) is 34.6. The first kappa shape index (κ1) is 81.4. The van der Waals surface area contributed by atoms with Crippen molar-refractivity contribution in [3.8, 4) is 35.5 Å². The van der Waals surface area contributed by atoms with Gasteiger partial charge in [-0.2, -0.15) is 0 Å². The van der Waals surface area contributed by atoms with Crippen molar-refractivity contribution >= 4 is 40.5 Å². The summed E-state index contributed by atoms with van der Waals surface area (Å²) >= 11 is 0. The Labute approximate surface area is 575 Å². The monoisotopic (exact) mass is 1490 g/mol. The summed E-state index contributed by atoms with van der Waals surface area (Å²) in [6.07, 6.45) is -3.81. The molecule has 6 unspecified atom stereocenters. The van der Waals surface area contributed by atoms with E-state index in [1.165, 1.54) is 39.9 Å². The van der Waals surface area contributed by atoms with Gasteiger partial charge < -0.3 is 96.2 Å². The molecule has 0 aliphatic carbocycles. The number of ether oxygens (including phenoxy) is 9. The van der Waals surface area contributed by atoms with E-state index in [0.717, 1.165) is 33.7 Å². The molecule has 6 fully saturated rings. The van der Waals surface area contributed by atoms with Crippen LogP contribution in [0, 0.1) is 41.4 Å². The summed E-state index contributed by atoms with van der Waals surface area (Å²) in [6.45, 7) is 7.07. The molecule has 0 spiro atoms. The summed E-state index contributed by atoms with van der Waals surface area (Å²) in [5, 5.41) is 7.56. The highest BCUT2D eigenvalue weighted by Crippen LogP contribution is 2.55. The molecule has 3 amide bonds. The van der Waals surface area contributed by atoms with Crippen LogP contribution in [0.15, 0.2) is 47.4 Å². The van der Waals surface area contributed by atoms with Crippen LogP contribution < -0.4 is 72.6 Å². The van der Waals surface area contributed by atoms with Crippen LogP contribution in [-0.2, 0) is 84.3 Å². The van der Waals surface area contributed by atoms with Crippen molar-refractivity contribution in [2.45, 2.75) is 117 Å². The quantitative estimate of drug-likeness (QED) is 0.0263. The predicted octanol–water partition coefficient (Wildman–Crippen LogP) is -6.05. The minimum absolute atomic E-state index is 0.0176. The summed E-state index contributed by atoms with van der Waals surface area (Å²) in [4.78, 5) is 145. The van der Waals surface area contributed by atoms with E-state index >= 15 is 0 Å². The standard InChI is InChI=1S/C21H31N4O9P.C20H30N5O9P.C17H23N4O9P/c1-12(2)8-14(22)18(27)23-7-5-6-13-9-25(20(28)24-17(13)26)19-15-16(34-35(4,29)30)21(33-19,10-31-3)11-32-15;1-31-10-20-11-32-14(15(20)34-35(2,29)30)18(33-20)25-9-12(16(26)24-19(25)28)5-4-8-23-17(27)13(22)6-3-7-21;1-27-8-17-9-28-12(13(17)30-31(2,25)26)15(29-17)21-7-10(14(23)20-16(21)24)4-3-5-19-11(22)6-18/h9,12,14-16,19H,7-8,10-11,22H2,1-4H3,(H,23,27)(H,29,30)(H,24,26,28);9,13-15,18H,3,6-8,10-11,21-22H2,1-2H3,(H,23,27)(H,29,30)(H,24,26,28);7,12-13,15H,5-6,8-9,18H2,1-2H3,(H,19,22)(H,25,26)(H,20,23,24)/t14-,15?,16+,19+,21-;13-,14?,15+,18+,20-;12?,13-,15-,17+/m001/s1. The summed E-state index contributed by atoms with van der Waals surface area (Å²) < 4.78 is 106. The van der Waals surface area contributed by atoms with Crippen LogP contribution in [0.25, 0.3) is 0 Å². The van der Waals surface area contributed by atoms with Crippen LogP contribution in [0.5, 0.6) is 0 Å². The summed E-state index contributed by atoms with van der Waals surface area (Å²) in [5.74, 6) is 14.8. The molecule has 6 saturated heterocycles. The van der Waals surface area contributed by atoms with E-state index in [2.05, 4.69) is 66.4 Å². The number of amides is 3. The first-order valence-electron chi connectivity index (χ1n) is 31.1. The molecule has 43 heteroatoms. The van der Waals surface area contributed by atoms with E-state index in [1.54, 1.807) is 0 Å². The molecule has 17 N–H and O–H groups in total. The molecule has 9 rings (SSSR count). The number of aromatic nitrogens is 6. The van der Waals surface area contributed by atoms with E-state index in [0.29, 0.717) is 25.8 Å². The highest BCUT2D eigenvalue weighted by molar-refractivity contribution is 7.52. The van der Waals surface area contributed by atoms with Crippen LogP contribution in [0.3, 0.4) is 0 Å². The summed E-state index contributed by atoms with van der Waals surface area (Å²) in [5.41, 5.74) is 13.7. The lowest BCUT2D eigenvalue weighted by atomic mass is 10.0. The first-order valence-corrected chi connectivity index (χ1v) is 37.1. The molecular weight excluding hydrogens is 1400 g/mol. The fourth-order valence-corrected chi connectivity index (χ4v) is 13.7. The predicted molar refractivity (Wildman–Crippen MR) is 352 cm³/mol. The van der Waals surface area contributed by atoms with E-state index < -0.39 is 153 Å². The molecule has 0 saturated carbocycles. The van der Waals surface area contributed by atoms with Gasteiger partial charge in [0, 0.05) is 59.9 Å². The van der Waals surface area contributed by atoms with Gasteiger partial charge in [-0.05, 0) is 31.7 Å². The molecule has 9 heterocycles. The van der Waals surface area contributed by atoms with Gasteiger partial charge in [0.05, 0.1) is 77.9 Å². The molecule has 558 valence electrons. The van der Waals surface area contributed by atoms with Gasteiger partial charge >= 0.3 is 39.9 Å². The number of H-pyrrole nitrogens is 3. The Bertz CT molecular complexity index is 4220. The van der Waals surface area contributed by atoms with Gasteiger partial charge in [-0.15, -0.1) is 0 Å². The van der Waals surface area contributed by atoms with Gasteiger partial charge in [0.25, 0.3) is 16.7 Å². The SMILES string of the molecule is COC[C@@]12COC([C@H](n3cc(C#CCNC(=O)CN)c(=O)[nH]c3=O)O1)[C@H]2OP(C)(=O)O.COC[C@@]12COC([C@H](n3cc(C#CCNC(=O)[C@@H](N)CC(C)C)c(=O)[nH]c3=O)O1)[C@H]2OP(C)(=O)O.COC[C@@]12COC([C@H](n3cc(C#CCNC(=O)[C@@H](N)CCCN)c(=O)[nH]c3=O)O1)[C@H]2OP(C)(=O)O. The molecule has 17 atom stereocenters. The Morgan fingerprint density at radius 1 is 0.574 bits per heavy atom. The zero-order chi connectivity index (χ0) is 74.6. The number of nitrogens with one attached hydrogen (secondary N) is 6. The Balaban J connectivity index is 0.000000213. The third kappa shape index (κ3) is 20.5. The van der Waals surface area contributed by atoms with Gasteiger partial charge in [-0.25, -0.2) is 14.4 Å². The van der Waals surface area contributed by atoms with Crippen molar-refractivity contribution in [3.63, 3.8) is 0 Å². The first-order chi connectivity index (χ1) is 47.5. The fourth-order valence-electron chi connectivity index (χ4n) is 11.5. The maximum absolute atomic E-state index is 12.6. The Morgan fingerprint density at radius 3 is 1.18 bits per heavy atom. The van der Waals surface area contributed by atoms with Crippen LogP contribution in [0.4, 0.5) is 0 Å². The summed E-state index contributed by atoms with van der Waals surface area (Å²) in [7, 11) is -7.52. The van der Waals surface area contributed by atoms with Crippen LogP contribution >= 0.6 is 22.8 Å². The van der Waals surface area contributed by atoms with Crippen LogP contribution in [0.1, 0.15) is 68.5 Å². The summed E-state index contributed by atoms with van der Waals surface area (Å²) in [6, 6.07) is -1.38. The molecule has 6 bridgehead atoms. The number of carbonyl (C=O) groups excluding carboxylic acids is 3. The number of nitrogens with zero attached hydrogens (tertiary/aromatic N) is 3. The van der Waals surface area contributed by atoms with Gasteiger partial charge in [0.1, 0.15) is 70.1 Å². The number of rotatable bonds is 26. The van der Waals surface area contributed by atoms with Crippen LogP contribution in [-0.4, -0.2) is 240 Å². The molecule has 101 heavy (non-hydrogen) atoms. The highest BCUT2D eigenvalue weighted by atomic mass is 31.2. The van der Waals surface area contributed by atoms with Crippen molar-refractivity contribution < 1.29 is 99.0 Å². The third-order valence-corrected chi connectivity index (χ3v) is 17.6. The van der Waals surface area contributed by atoms with Gasteiger partial charge in [0.15, 0.2) is 18.7 Å². The zero-order valence-electron chi connectivity index (χ0n) is 56.2. The topological polar surface area (TPSA) is 579 Å². The number of fused-ring (bicyclic) bond motifs is 6. The van der Waals surface area contributed by atoms with Crippen LogP contribution in [0.2, 0.25) is 0 Å². The smallest absolute Gasteiger partial charge is 0.330 e. The maximum Gasteiger partial charge on any atom is 0.330 e. The lowest BCUT2D eigenvalue weighted by Gasteiger charge is -2.31. The Hall–Kier alpha value is -6.94. The lowest BCUT2D eigenvalue weighted by Crippen LogP contribution is -2.46. The zero-order valence-corrected chi connectivity index (χ0v) is 58.9. The fraction of sp³-hybridized carbons (Fsp3) is 0.638. The van der Waals surface area contributed by atoms with E-state index in [-0.39, 0.29) is 94.3 Å². The van der Waals surface area contributed by atoms with Gasteiger partial charge in [-0.1, -0.05) is 49.4 Å². The molecule has 6 aliphatic heterocycles. The average molecular weight is 1490 g/mol. The van der Waals surface area contributed by atoms with Crippen molar-refractivity contribution in [1.82, 2.24) is 44.6 Å². The largest absolute Gasteiger partial charge is 0.381 e. The molecule has 0 radical (unpaired) electrons. The number of hydrogen-bond donors (Lipinski definition) is 13. The number of hydrogen-bond acceptors (Lipinski definition) is 28. The number of aromatic amines is 3. The van der Waals surface area contributed by atoms with Gasteiger partial charge in [0.2, 0.25) is 17.7 Å². The van der Waals surface area contributed by atoms with Crippen molar-refractivity contribution in [3.05, 3.63) is 97.8 Å². The highest BCUT2D eigenvalue weighted by Gasteiger charge is 2.67. The third-order valence-electron chi connectivity index (χ3n) is 15.8. The molecule has 6 aliphatic rings. The number of methoxy groups -OCH3 is 3. The van der Waals surface area contributed by atoms with Crippen molar-refractivity contribution in [1.29, 1.82) is 0 Å². The minimum Gasteiger partial charge on any atom is -0.381 e. The normalized spacial score (nSPS) is 28.0. The van der Waals surface area contributed by atoms with Crippen molar-refractivity contribution in [2.24, 2.45) is 28.9 Å². The van der Waals surface area contributed by atoms with E-state index in [9.17, 15) is 71.5 Å². The second-order valence-corrected chi connectivity index (χ2v) is 30.0. The lowest BCUT2D eigenvalue weighted by molar-refractivity contribution is -0.190. The van der Waals surface area contributed by atoms with Gasteiger partial charge in [-0.3, -0.25) is 84.7 Å². The molecule has 0 aromatic carbocycles. The molecule has 3 aromatic rings. The second-order valence-electron chi connectivity index (χ2n) is 24.6. The Morgan fingerprint density at radius 2 is 0.891 bits per heavy atom. The molecular formula is C58H84N13O27P3. The maximum atomic E-state index is 12.6. The average Bonchev–Trinajstić information content (AvgIpc) is 1.59. The minimum atomic E-state index is -3.94. The van der Waals surface area contributed by atoms with E-state index in [4.69, 9.17) is 79.1 Å². The van der Waals surface area contributed by atoms with E-state index in [1.807, 2.05) is 13.8 Å². The number of nitrogens with two attached hydrogens (primary N) is 4. The Kier molecular flexibility index (Phi) is 27.8. The molecule has 40 nitrogen and oxygen atoms in total. The van der Waals surface area contributed by atoms with Crippen molar-refractivity contribution in [2.75, 3.05) is 114 Å².